The Hall–Kier alpha value is -1.55. The zero-order chi connectivity index (χ0) is 12.8. The number of fused-ring (bicyclic) bond motifs is 1. The van der Waals surface area contributed by atoms with Gasteiger partial charge in [-0.05, 0) is 30.7 Å². The van der Waals surface area contributed by atoms with Crippen LogP contribution in [0.15, 0.2) is 18.2 Å². The quantitative estimate of drug-likeness (QED) is 0.783. The molecule has 1 aromatic carbocycles. The number of aryl methyl sites for hydroxylation is 1. The summed E-state index contributed by atoms with van der Waals surface area (Å²) < 4.78 is 0. The van der Waals surface area contributed by atoms with Gasteiger partial charge in [-0.1, -0.05) is 19.6 Å². The molecular weight excluding hydrogens is 228 g/mol. The first kappa shape index (κ1) is 11.9. The Morgan fingerprint density at radius 3 is 2.47 bits per heavy atom. The molecule has 2 rings (SSSR count). The number of hydrogen-bond donors (Lipinski definition) is 2. The maximum Gasteiger partial charge on any atom is 0.248 e. The highest BCUT2D eigenvalue weighted by Crippen LogP contribution is 2.20. The van der Waals surface area contributed by atoms with Crippen molar-refractivity contribution in [1.82, 2.24) is 4.98 Å². The predicted octanol–water partition coefficient (Wildman–Crippen LogP) is 2.12. The van der Waals surface area contributed by atoms with Crippen LogP contribution in [0.5, 0.6) is 0 Å². The van der Waals surface area contributed by atoms with E-state index in [0.717, 1.165) is 10.9 Å². The number of primary amides is 1. The van der Waals surface area contributed by atoms with Gasteiger partial charge in [0.25, 0.3) is 0 Å². The van der Waals surface area contributed by atoms with E-state index in [9.17, 15) is 4.79 Å². The van der Waals surface area contributed by atoms with Crippen LogP contribution in [0.1, 0.15) is 15.9 Å². The summed E-state index contributed by atoms with van der Waals surface area (Å²) in [4.78, 5) is 14.7. The summed E-state index contributed by atoms with van der Waals surface area (Å²) >= 11 is 0. The number of nitrogens with two attached hydrogens (primary N) is 1. The largest absolute Gasteiger partial charge is 0.366 e. The maximum atomic E-state index is 11.2. The number of carbonyl (C=O) groups is 1. The minimum absolute atomic E-state index is 0.373. The van der Waals surface area contributed by atoms with Crippen LogP contribution in [0.4, 0.5) is 0 Å². The van der Waals surface area contributed by atoms with Crippen molar-refractivity contribution in [1.29, 1.82) is 0 Å². The van der Waals surface area contributed by atoms with Gasteiger partial charge in [0, 0.05) is 21.8 Å². The Labute approximate surface area is 102 Å². The molecule has 17 heavy (non-hydrogen) atoms. The fraction of sp³-hybridized carbons (Fsp3) is 0.308. The Morgan fingerprint density at radius 2 is 1.94 bits per heavy atom. The second-order valence-electron chi connectivity index (χ2n) is 5.50. The van der Waals surface area contributed by atoms with Crippen LogP contribution < -0.4 is 11.1 Å². The molecule has 0 spiro atoms. The van der Waals surface area contributed by atoms with Gasteiger partial charge < -0.3 is 10.7 Å². The highest BCUT2D eigenvalue weighted by atomic mass is 28.3. The van der Waals surface area contributed by atoms with Gasteiger partial charge in [0.2, 0.25) is 5.91 Å². The van der Waals surface area contributed by atoms with Crippen molar-refractivity contribution in [3.8, 4) is 0 Å². The van der Waals surface area contributed by atoms with Gasteiger partial charge in [0.15, 0.2) is 0 Å². The molecule has 1 amide bonds. The van der Waals surface area contributed by atoms with Crippen molar-refractivity contribution in [2.75, 3.05) is 0 Å². The van der Waals surface area contributed by atoms with Gasteiger partial charge >= 0.3 is 0 Å². The summed E-state index contributed by atoms with van der Waals surface area (Å²) in [6, 6.07) is 5.59. The Kier molecular flexibility index (Phi) is 2.62. The monoisotopic (exact) mass is 246 g/mol. The Balaban J connectivity index is 2.71. The fourth-order valence-corrected chi connectivity index (χ4v) is 4.00. The molecular formula is C13H18N2OSi. The van der Waals surface area contributed by atoms with E-state index in [2.05, 4.69) is 31.5 Å². The third kappa shape index (κ3) is 2.00. The number of carbonyl (C=O) groups excluding carboxylic acids is 1. The van der Waals surface area contributed by atoms with E-state index in [-0.39, 0.29) is 5.91 Å². The molecule has 0 saturated carbocycles. The molecule has 3 nitrogen and oxygen atoms in total. The maximum absolute atomic E-state index is 11.2. The van der Waals surface area contributed by atoms with Crippen molar-refractivity contribution in [3.05, 3.63) is 29.3 Å². The smallest absolute Gasteiger partial charge is 0.248 e. The molecule has 0 aliphatic rings. The highest BCUT2D eigenvalue weighted by molar-refractivity contribution is 6.88. The number of benzene rings is 1. The van der Waals surface area contributed by atoms with E-state index in [1.54, 1.807) is 6.07 Å². The summed E-state index contributed by atoms with van der Waals surface area (Å²) in [7, 11) is -1.38. The van der Waals surface area contributed by atoms with Gasteiger partial charge in [-0.15, -0.1) is 0 Å². The molecule has 0 radical (unpaired) electrons. The molecule has 0 saturated heterocycles. The number of aromatic nitrogens is 1. The first-order valence-electron chi connectivity index (χ1n) is 5.73. The highest BCUT2D eigenvalue weighted by Gasteiger charge is 2.22. The lowest BCUT2D eigenvalue weighted by molar-refractivity contribution is 0.100. The zero-order valence-electron chi connectivity index (χ0n) is 10.7. The molecule has 0 aliphatic carbocycles. The van der Waals surface area contributed by atoms with E-state index in [1.165, 1.54) is 10.9 Å². The topological polar surface area (TPSA) is 58.9 Å². The summed E-state index contributed by atoms with van der Waals surface area (Å²) in [5.41, 5.74) is 8.22. The van der Waals surface area contributed by atoms with Crippen molar-refractivity contribution in [3.63, 3.8) is 0 Å². The lowest BCUT2D eigenvalue weighted by Gasteiger charge is -2.15. The van der Waals surface area contributed by atoms with E-state index < -0.39 is 8.07 Å². The van der Waals surface area contributed by atoms with Crippen molar-refractivity contribution in [2.45, 2.75) is 26.6 Å². The second-order valence-corrected chi connectivity index (χ2v) is 10.5. The van der Waals surface area contributed by atoms with Crippen LogP contribution in [0, 0.1) is 6.92 Å². The van der Waals surface area contributed by atoms with Crippen LogP contribution in [0.2, 0.25) is 19.6 Å². The van der Waals surface area contributed by atoms with Crippen LogP contribution in [0.3, 0.4) is 0 Å². The number of H-pyrrole nitrogens is 1. The lowest BCUT2D eigenvalue weighted by atomic mass is 10.1. The lowest BCUT2D eigenvalue weighted by Crippen LogP contribution is -2.40. The molecule has 4 heteroatoms. The third-order valence-corrected chi connectivity index (χ3v) is 5.09. The fourth-order valence-electron chi connectivity index (χ4n) is 2.23. The van der Waals surface area contributed by atoms with Gasteiger partial charge in [-0.2, -0.15) is 0 Å². The van der Waals surface area contributed by atoms with Crippen LogP contribution >= 0.6 is 0 Å². The molecule has 0 atom stereocenters. The molecule has 1 aromatic heterocycles. The van der Waals surface area contributed by atoms with E-state index >= 15 is 0 Å². The average Bonchev–Trinajstić information content (AvgIpc) is 2.55. The molecule has 90 valence electrons. The van der Waals surface area contributed by atoms with Crippen LogP contribution in [0.25, 0.3) is 10.9 Å². The van der Waals surface area contributed by atoms with E-state index in [1.807, 2.05) is 12.1 Å². The number of aromatic amines is 1. The summed E-state index contributed by atoms with van der Waals surface area (Å²) in [5.74, 6) is -0.373. The zero-order valence-corrected chi connectivity index (χ0v) is 11.7. The SMILES string of the molecule is Cc1c([Si](C)(C)C)[nH]c2ccc(C(N)=O)cc12. The number of hydrogen-bond acceptors (Lipinski definition) is 1. The number of amides is 1. The Morgan fingerprint density at radius 1 is 1.29 bits per heavy atom. The standard InChI is InChI=1S/C13H18N2OSi/c1-8-10-7-9(12(14)16)5-6-11(10)15-13(8)17(2,3)4/h5-7,15H,1-4H3,(H2,14,16). The molecule has 3 N–H and O–H groups in total. The summed E-state index contributed by atoms with van der Waals surface area (Å²) in [6.07, 6.45) is 0. The summed E-state index contributed by atoms with van der Waals surface area (Å²) in [5, 5.41) is 2.45. The molecule has 0 unspecified atom stereocenters. The number of nitrogens with one attached hydrogen (secondary N) is 1. The Bertz CT molecular complexity index is 593. The molecule has 2 aromatic rings. The van der Waals surface area contributed by atoms with Gasteiger partial charge in [-0.3, -0.25) is 4.79 Å². The molecule has 0 fully saturated rings. The van der Waals surface area contributed by atoms with Gasteiger partial charge in [0.1, 0.15) is 0 Å². The molecule has 0 aliphatic heterocycles. The summed E-state index contributed by atoms with van der Waals surface area (Å²) in [6.45, 7) is 9.02. The molecule has 0 bridgehead atoms. The van der Waals surface area contributed by atoms with Crippen LogP contribution in [-0.2, 0) is 0 Å². The molecule has 1 heterocycles. The number of rotatable bonds is 2. The van der Waals surface area contributed by atoms with E-state index in [4.69, 9.17) is 5.73 Å². The van der Waals surface area contributed by atoms with Gasteiger partial charge in [0.05, 0.1) is 8.07 Å². The van der Waals surface area contributed by atoms with Gasteiger partial charge in [-0.25, -0.2) is 0 Å². The second kappa shape index (κ2) is 3.73. The van der Waals surface area contributed by atoms with Crippen molar-refractivity contribution < 1.29 is 4.79 Å². The third-order valence-electron chi connectivity index (χ3n) is 3.09. The van der Waals surface area contributed by atoms with Crippen molar-refractivity contribution in [2.24, 2.45) is 5.73 Å². The predicted molar refractivity (Wildman–Crippen MR) is 74.5 cm³/mol. The minimum Gasteiger partial charge on any atom is -0.366 e. The van der Waals surface area contributed by atoms with Crippen molar-refractivity contribution >= 4 is 30.2 Å². The van der Waals surface area contributed by atoms with Crippen LogP contribution in [-0.4, -0.2) is 19.0 Å². The minimum atomic E-state index is -1.38. The first-order valence-corrected chi connectivity index (χ1v) is 9.23. The normalized spacial score (nSPS) is 12.0. The first-order chi connectivity index (χ1) is 7.80. The van der Waals surface area contributed by atoms with E-state index in [0.29, 0.717) is 5.56 Å². The average molecular weight is 246 g/mol.